The smallest absolute Gasteiger partial charge is 0.330 e. The molecule has 0 bridgehead atoms. The van der Waals surface area contributed by atoms with Gasteiger partial charge in [-0.05, 0) is 24.1 Å². The monoisotopic (exact) mass is 481 g/mol. The molecule has 1 amide bonds. The van der Waals surface area contributed by atoms with Gasteiger partial charge in [0.15, 0.2) is 0 Å². The Kier molecular flexibility index (Phi) is 9.40. The summed E-state index contributed by atoms with van der Waals surface area (Å²) < 4.78 is 1.37. The van der Waals surface area contributed by atoms with E-state index < -0.39 is 11.2 Å². The van der Waals surface area contributed by atoms with Crippen molar-refractivity contribution >= 4 is 29.2 Å². The molecule has 1 aromatic heterocycles. The molecule has 34 heavy (non-hydrogen) atoms. The van der Waals surface area contributed by atoms with Crippen LogP contribution >= 0.6 is 11.8 Å². The number of unbranched alkanes of at least 4 members (excludes halogenated alkanes) is 1. The van der Waals surface area contributed by atoms with Crippen molar-refractivity contribution in [3.63, 3.8) is 0 Å². The molecule has 2 aromatic carbocycles. The van der Waals surface area contributed by atoms with Crippen molar-refractivity contribution < 1.29 is 4.79 Å². The van der Waals surface area contributed by atoms with E-state index in [1.165, 1.54) is 4.57 Å². The first-order valence-corrected chi connectivity index (χ1v) is 12.3. The zero-order valence-corrected chi connectivity index (χ0v) is 20.1. The zero-order chi connectivity index (χ0) is 24.3. The van der Waals surface area contributed by atoms with Crippen molar-refractivity contribution in [3.05, 3.63) is 87.1 Å². The Morgan fingerprint density at radius 3 is 2.44 bits per heavy atom. The summed E-state index contributed by atoms with van der Waals surface area (Å²) in [5.74, 6) is 0.569. The second-order valence-electron chi connectivity index (χ2n) is 7.85. The van der Waals surface area contributed by atoms with Crippen LogP contribution in [0.5, 0.6) is 0 Å². The quantitative estimate of drug-likeness (QED) is 0.271. The van der Waals surface area contributed by atoms with E-state index in [2.05, 4.69) is 10.3 Å². The molecular weight excluding hydrogens is 450 g/mol. The lowest BCUT2D eigenvalue weighted by Crippen LogP contribution is -2.43. The first-order valence-electron chi connectivity index (χ1n) is 11.4. The van der Waals surface area contributed by atoms with E-state index in [-0.39, 0.29) is 24.0 Å². The molecule has 9 heteroatoms. The van der Waals surface area contributed by atoms with Gasteiger partial charge in [-0.25, -0.2) is 4.79 Å². The first kappa shape index (κ1) is 25.2. The number of carbonyl (C=O) groups is 1. The normalized spacial score (nSPS) is 10.7. The molecule has 0 aliphatic rings. The zero-order valence-electron chi connectivity index (χ0n) is 19.3. The second kappa shape index (κ2) is 12.7. The van der Waals surface area contributed by atoms with Gasteiger partial charge in [-0.15, -0.1) is 11.8 Å². The fraction of sp³-hybridized carbons (Fsp3) is 0.320. The van der Waals surface area contributed by atoms with Crippen LogP contribution in [0.15, 0.2) is 75.1 Å². The minimum absolute atomic E-state index is 0.0653. The van der Waals surface area contributed by atoms with Crippen molar-refractivity contribution in [3.8, 4) is 0 Å². The summed E-state index contributed by atoms with van der Waals surface area (Å²) in [7, 11) is 0. The van der Waals surface area contributed by atoms with E-state index in [9.17, 15) is 14.4 Å². The van der Waals surface area contributed by atoms with Crippen LogP contribution in [0.3, 0.4) is 0 Å². The third kappa shape index (κ3) is 7.02. The Morgan fingerprint density at radius 1 is 1.09 bits per heavy atom. The molecule has 8 nitrogen and oxygen atoms in total. The number of anilines is 2. The first-order chi connectivity index (χ1) is 16.5. The molecule has 0 saturated carbocycles. The third-order valence-electron chi connectivity index (χ3n) is 5.25. The number of aromatic amines is 1. The van der Waals surface area contributed by atoms with E-state index in [1.807, 2.05) is 67.6 Å². The van der Waals surface area contributed by atoms with Crippen LogP contribution in [-0.4, -0.2) is 34.3 Å². The van der Waals surface area contributed by atoms with Crippen molar-refractivity contribution in [2.45, 2.75) is 37.8 Å². The molecule has 4 N–H and O–H groups in total. The molecule has 3 rings (SSSR count). The van der Waals surface area contributed by atoms with Crippen LogP contribution in [0.4, 0.5) is 11.5 Å². The Hall–Kier alpha value is -3.46. The molecule has 180 valence electrons. The summed E-state index contributed by atoms with van der Waals surface area (Å²) in [5.41, 5.74) is 6.22. The molecule has 0 atom stereocenters. The van der Waals surface area contributed by atoms with Crippen molar-refractivity contribution in [1.82, 2.24) is 14.9 Å². The molecular formula is C25H31N5O3S. The van der Waals surface area contributed by atoms with Gasteiger partial charge in [0.25, 0.3) is 5.56 Å². The van der Waals surface area contributed by atoms with Gasteiger partial charge in [-0.3, -0.25) is 19.1 Å². The van der Waals surface area contributed by atoms with E-state index in [4.69, 9.17) is 5.73 Å². The average Bonchev–Trinajstić information content (AvgIpc) is 2.83. The highest BCUT2D eigenvalue weighted by molar-refractivity contribution is 7.99. The summed E-state index contributed by atoms with van der Waals surface area (Å²) in [6, 6.07) is 19.5. The highest BCUT2D eigenvalue weighted by Crippen LogP contribution is 2.20. The molecule has 1 heterocycles. The maximum atomic E-state index is 12.8. The maximum absolute atomic E-state index is 12.8. The van der Waals surface area contributed by atoms with Crippen molar-refractivity contribution in [2.24, 2.45) is 0 Å². The van der Waals surface area contributed by atoms with E-state index in [1.54, 1.807) is 16.7 Å². The molecule has 0 aliphatic carbocycles. The van der Waals surface area contributed by atoms with Crippen molar-refractivity contribution in [1.29, 1.82) is 0 Å². The number of aromatic nitrogens is 2. The van der Waals surface area contributed by atoms with Crippen molar-refractivity contribution in [2.75, 3.05) is 29.5 Å². The number of benzene rings is 2. The van der Waals surface area contributed by atoms with Crippen LogP contribution in [0.2, 0.25) is 0 Å². The SMILES string of the molecule is CCCCn1c(N)c(N(CC(=O)NCCSc2ccccc2)Cc2ccccc2)c(=O)[nH]c1=O. The second-order valence-corrected chi connectivity index (χ2v) is 9.02. The Morgan fingerprint density at radius 2 is 1.76 bits per heavy atom. The largest absolute Gasteiger partial charge is 0.383 e. The molecule has 0 unspecified atom stereocenters. The molecule has 0 aliphatic heterocycles. The molecule has 0 saturated heterocycles. The van der Waals surface area contributed by atoms with Gasteiger partial charge in [0.05, 0.1) is 6.54 Å². The third-order valence-corrected chi connectivity index (χ3v) is 6.27. The number of carbonyl (C=O) groups excluding carboxylic acids is 1. The number of hydrogen-bond donors (Lipinski definition) is 3. The van der Waals surface area contributed by atoms with Crippen LogP contribution in [0.25, 0.3) is 0 Å². The van der Waals surface area contributed by atoms with Gasteiger partial charge in [-0.2, -0.15) is 0 Å². The van der Waals surface area contributed by atoms with Gasteiger partial charge in [0.2, 0.25) is 5.91 Å². The average molecular weight is 482 g/mol. The fourth-order valence-corrected chi connectivity index (χ4v) is 4.33. The number of nitrogens with one attached hydrogen (secondary N) is 2. The summed E-state index contributed by atoms with van der Waals surface area (Å²) in [6.07, 6.45) is 1.62. The summed E-state index contributed by atoms with van der Waals surface area (Å²) in [5, 5.41) is 2.92. The van der Waals surface area contributed by atoms with Crippen LogP contribution in [0.1, 0.15) is 25.3 Å². The molecule has 0 spiro atoms. The summed E-state index contributed by atoms with van der Waals surface area (Å²) in [6.45, 7) is 3.12. The van der Waals surface area contributed by atoms with Crippen LogP contribution in [0, 0.1) is 0 Å². The number of nitrogens with two attached hydrogens (primary N) is 1. The van der Waals surface area contributed by atoms with Gasteiger partial charge in [0.1, 0.15) is 11.5 Å². The Labute approximate surface area is 203 Å². The molecule has 0 fully saturated rings. The lowest BCUT2D eigenvalue weighted by atomic mass is 10.2. The number of rotatable bonds is 12. The molecule has 0 radical (unpaired) electrons. The van der Waals surface area contributed by atoms with E-state index in [0.29, 0.717) is 19.6 Å². The standard InChI is InChI=1S/C25H31N5O3S/c1-2-3-15-30-23(26)22(24(32)28-25(30)33)29(17-19-10-6-4-7-11-19)18-21(31)27-14-16-34-20-12-8-5-9-13-20/h4-13H,2-3,14-18,26H2,1H3,(H,27,31)(H,28,32,33). The van der Waals surface area contributed by atoms with Crippen LogP contribution < -0.4 is 27.2 Å². The lowest BCUT2D eigenvalue weighted by molar-refractivity contribution is -0.119. The van der Waals surface area contributed by atoms with Gasteiger partial charge < -0.3 is 16.0 Å². The number of nitrogens with zero attached hydrogens (tertiary/aromatic N) is 2. The van der Waals surface area contributed by atoms with Crippen LogP contribution in [-0.2, 0) is 17.9 Å². The van der Waals surface area contributed by atoms with E-state index in [0.717, 1.165) is 29.1 Å². The summed E-state index contributed by atoms with van der Waals surface area (Å²) in [4.78, 5) is 43.1. The summed E-state index contributed by atoms with van der Waals surface area (Å²) >= 11 is 1.65. The van der Waals surface area contributed by atoms with E-state index >= 15 is 0 Å². The minimum atomic E-state index is -0.599. The number of hydrogen-bond acceptors (Lipinski definition) is 6. The number of H-pyrrole nitrogens is 1. The number of amides is 1. The van der Waals surface area contributed by atoms with Gasteiger partial charge >= 0.3 is 5.69 Å². The lowest BCUT2D eigenvalue weighted by Gasteiger charge is -2.26. The fourth-order valence-electron chi connectivity index (χ4n) is 3.54. The maximum Gasteiger partial charge on any atom is 0.330 e. The number of thioether (sulfide) groups is 1. The number of nitrogen functional groups attached to an aromatic ring is 1. The van der Waals surface area contributed by atoms with Gasteiger partial charge in [-0.1, -0.05) is 61.9 Å². The highest BCUT2D eigenvalue weighted by Gasteiger charge is 2.21. The predicted molar refractivity (Wildman–Crippen MR) is 138 cm³/mol. The topological polar surface area (TPSA) is 113 Å². The van der Waals surface area contributed by atoms with Gasteiger partial charge in [0, 0.05) is 30.3 Å². The highest BCUT2D eigenvalue weighted by atomic mass is 32.2. The Bertz CT molecular complexity index is 1180. The predicted octanol–water partition coefficient (Wildman–Crippen LogP) is 2.83. The Balaban J connectivity index is 1.77. The molecule has 3 aromatic rings. The minimum Gasteiger partial charge on any atom is -0.383 e.